The largest absolute Gasteiger partial charge is 0.374 e. The molecule has 2 rings (SSSR count). The van der Waals surface area contributed by atoms with Crippen molar-refractivity contribution in [1.82, 2.24) is 0 Å². The maximum atomic E-state index is 13.7. The number of rotatable bonds is 3. The molecule has 4 heteroatoms. The summed E-state index contributed by atoms with van der Waals surface area (Å²) in [5, 5.41) is 11.4. The van der Waals surface area contributed by atoms with Gasteiger partial charge in [0.15, 0.2) is 11.6 Å². The zero-order valence-electron chi connectivity index (χ0n) is 10.3. The van der Waals surface area contributed by atoms with Crippen molar-refractivity contribution in [3.8, 4) is 6.07 Å². The molecule has 1 unspecified atom stereocenters. The summed E-state index contributed by atoms with van der Waals surface area (Å²) < 4.78 is 27.4. The lowest BCUT2D eigenvalue weighted by atomic mass is 10.1. The minimum absolute atomic E-state index is 0.0343. The maximum Gasteiger partial charge on any atom is 0.150 e. The Morgan fingerprint density at radius 1 is 1.11 bits per heavy atom. The Hall–Kier alpha value is -2.41. The van der Waals surface area contributed by atoms with Crippen molar-refractivity contribution in [2.75, 3.05) is 5.32 Å². The molecular weight excluding hydrogens is 246 g/mol. The summed E-state index contributed by atoms with van der Waals surface area (Å²) in [5.74, 6) is -1.53. The van der Waals surface area contributed by atoms with Crippen molar-refractivity contribution in [3.63, 3.8) is 0 Å². The van der Waals surface area contributed by atoms with Gasteiger partial charge in [0, 0.05) is 6.04 Å². The van der Waals surface area contributed by atoms with Crippen LogP contribution in [-0.2, 0) is 0 Å². The molecule has 0 aliphatic rings. The molecule has 0 aliphatic carbocycles. The Morgan fingerprint density at radius 2 is 1.68 bits per heavy atom. The topological polar surface area (TPSA) is 35.8 Å². The number of hydrogen-bond donors (Lipinski definition) is 1. The van der Waals surface area contributed by atoms with Gasteiger partial charge in [-0.1, -0.05) is 30.3 Å². The van der Waals surface area contributed by atoms with Crippen molar-refractivity contribution in [2.24, 2.45) is 0 Å². The second-order valence-corrected chi connectivity index (χ2v) is 4.20. The Morgan fingerprint density at radius 3 is 2.21 bits per heavy atom. The van der Waals surface area contributed by atoms with Gasteiger partial charge >= 0.3 is 0 Å². The predicted octanol–water partition coefficient (Wildman–Crippen LogP) is 4.01. The van der Waals surface area contributed by atoms with Gasteiger partial charge in [-0.15, -0.1) is 0 Å². The number of benzene rings is 2. The number of hydrogen-bond acceptors (Lipinski definition) is 2. The molecule has 0 heterocycles. The van der Waals surface area contributed by atoms with Crippen LogP contribution in [0.2, 0.25) is 0 Å². The third kappa shape index (κ3) is 2.89. The van der Waals surface area contributed by atoms with E-state index in [0.29, 0.717) is 0 Å². The summed E-state index contributed by atoms with van der Waals surface area (Å²) in [7, 11) is 0. The van der Waals surface area contributed by atoms with Crippen molar-refractivity contribution in [1.29, 1.82) is 5.26 Å². The second-order valence-electron chi connectivity index (χ2n) is 4.20. The zero-order valence-corrected chi connectivity index (χ0v) is 10.3. The van der Waals surface area contributed by atoms with E-state index in [4.69, 9.17) is 5.26 Å². The first-order valence-electron chi connectivity index (χ1n) is 5.82. The van der Waals surface area contributed by atoms with Gasteiger partial charge in [0.2, 0.25) is 0 Å². The molecule has 0 fully saturated rings. The molecular formula is C15H12F2N2. The Kier molecular flexibility index (Phi) is 3.76. The minimum Gasteiger partial charge on any atom is -0.374 e. The van der Waals surface area contributed by atoms with Crippen LogP contribution >= 0.6 is 0 Å². The van der Waals surface area contributed by atoms with E-state index in [1.807, 2.05) is 37.3 Å². The average molecular weight is 258 g/mol. The third-order valence-electron chi connectivity index (χ3n) is 2.83. The van der Waals surface area contributed by atoms with Crippen molar-refractivity contribution >= 4 is 5.69 Å². The molecule has 0 spiro atoms. The zero-order chi connectivity index (χ0) is 13.8. The van der Waals surface area contributed by atoms with Crippen LogP contribution in [0.3, 0.4) is 0 Å². The summed E-state index contributed by atoms with van der Waals surface area (Å²) in [6, 6.07) is 12.8. The van der Waals surface area contributed by atoms with Crippen LogP contribution in [0.25, 0.3) is 0 Å². The molecule has 0 bridgehead atoms. The van der Waals surface area contributed by atoms with E-state index in [0.717, 1.165) is 17.7 Å². The number of halogens is 2. The first kappa shape index (κ1) is 13.0. The van der Waals surface area contributed by atoms with E-state index in [1.54, 1.807) is 6.07 Å². The highest BCUT2D eigenvalue weighted by molar-refractivity contribution is 5.51. The van der Waals surface area contributed by atoms with Gasteiger partial charge in [0.05, 0.1) is 11.6 Å². The molecule has 0 saturated carbocycles. The van der Waals surface area contributed by atoms with Crippen LogP contribution in [0.5, 0.6) is 0 Å². The van der Waals surface area contributed by atoms with Crippen molar-refractivity contribution in [2.45, 2.75) is 13.0 Å². The average Bonchev–Trinajstić information content (AvgIpc) is 2.43. The van der Waals surface area contributed by atoms with Crippen molar-refractivity contribution < 1.29 is 8.78 Å². The van der Waals surface area contributed by atoms with Crippen LogP contribution in [-0.4, -0.2) is 0 Å². The Balaban J connectivity index is 2.27. The van der Waals surface area contributed by atoms with Crippen LogP contribution < -0.4 is 5.32 Å². The van der Waals surface area contributed by atoms with Gasteiger partial charge in [0.25, 0.3) is 0 Å². The van der Waals surface area contributed by atoms with Gasteiger partial charge in [-0.3, -0.25) is 0 Å². The summed E-state index contributed by atoms with van der Waals surface area (Å²) in [5.41, 5.74) is 0.675. The lowest BCUT2D eigenvalue weighted by Gasteiger charge is -2.16. The van der Waals surface area contributed by atoms with E-state index in [9.17, 15) is 8.78 Å². The quantitative estimate of drug-likeness (QED) is 0.902. The molecule has 2 aromatic carbocycles. The molecule has 1 atom stereocenters. The lowest BCUT2D eigenvalue weighted by Crippen LogP contribution is -2.09. The molecule has 96 valence electrons. The Labute approximate surface area is 110 Å². The number of nitrogens with one attached hydrogen (secondary N) is 1. The van der Waals surface area contributed by atoms with Gasteiger partial charge < -0.3 is 5.32 Å². The fraction of sp³-hybridized carbons (Fsp3) is 0.133. The van der Waals surface area contributed by atoms with E-state index in [1.165, 1.54) is 0 Å². The third-order valence-corrected chi connectivity index (χ3v) is 2.83. The normalized spacial score (nSPS) is 11.7. The maximum absolute atomic E-state index is 13.7. The monoisotopic (exact) mass is 258 g/mol. The number of anilines is 1. The van der Waals surface area contributed by atoms with Crippen LogP contribution in [0, 0.1) is 23.0 Å². The first-order chi connectivity index (χ1) is 9.11. The molecule has 0 radical (unpaired) electrons. The minimum atomic E-state index is -0.765. The molecule has 19 heavy (non-hydrogen) atoms. The molecule has 0 aromatic heterocycles. The van der Waals surface area contributed by atoms with Gasteiger partial charge in [0.1, 0.15) is 5.69 Å². The summed E-state index contributed by atoms with van der Waals surface area (Å²) in [6.07, 6.45) is 0. The highest BCUT2D eigenvalue weighted by atomic mass is 19.1. The van der Waals surface area contributed by atoms with Gasteiger partial charge in [-0.05, 0) is 24.6 Å². The number of nitriles is 1. The van der Waals surface area contributed by atoms with Crippen LogP contribution in [0.1, 0.15) is 24.1 Å². The fourth-order valence-electron chi connectivity index (χ4n) is 1.82. The first-order valence-corrected chi connectivity index (χ1v) is 5.82. The molecule has 0 saturated heterocycles. The SMILES string of the molecule is CC(Nc1c(F)cc(C#N)cc1F)c1ccccc1. The standard InChI is InChI=1S/C15H12F2N2/c1-10(12-5-3-2-4-6-12)19-15-13(16)7-11(9-18)8-14(15)17/h2-8,10,19H,1H3. The Bertz CT molecular complexity index is 595. The second kappa shape index (κ2) is 5.49. The molecule has 2 aromatic rings. The summed E-state index contributed by atoms with van der Waals surface area (Å²) >= 11 is 0. The number of nitrogens with zero attached hydrogens (tertiary/aromatic N) is 1. The fourth-order valence-corrected chi connectivity index (χ4v) is 1.82. The lowest BCUT2D eigenvalue weighted by molar-refractivity contribution is 0.584. The van der Waals surface area contributed by atoms with Crippen molar-refractivity contribution in [3.05, 3.63) is 65.2 Å². The predicted molar refractivity (Wildman–Crippen MR) is 69.6 cm³/mol. The smallest absolute Gasteiger partial charge is 0.150 e. The summed E-state index contributed by atoms with van der Waals surface area (Å²) in [4.78, 5) is 0. The molecule has 1 N–H and O–H groups in total. The van der Waals surface area contributed by atoms with Crippen LogP contribution in [0.4, 0.5) is 14.5 Å². The highest BCUT2D eigenvalue weighted by Crippen LogP contribution is 2.25. The molecule has 0 amide bonds. The van der Waals surface area contributed by atoms with Gasteiger partial charge in [-0.2, -0.15) is 5.26 Å². The van der Waals surface area contributed by atoms with E-state index < -0.39 is 11.6 Å². The molecule has 0 aliphatic heterocycles. The highest BCUT2D eigenvalue weighted by Gasteiger charge is 2.14. The van der Waals surface area contributed by atoms with E-state index >= 15 is 0 Å². The summed E-state index contributed by atoms with van der Waals surface area (Å²) in [6.45, 7) is 1.81. The van der Waals surface area contributed by atoms with Crippen LogP contribution in [0.15, 0.2) is 42.5 Å². The van der Waals surface area contributed by atoms with E-state index in [-0.39, 0.29) is 17.3 Å². The van der Waals surface area contributed by atoms with E-state index in [2.05, 4.69) is 5.32 Å². The van der Waals surface area contributed by atoms with Gasteiger partial charge in [-0.25, -0.2) is 8.78 Å². The molecule has 2 nitrogen and oxygen atoms in total.